The van der Waals surface area contributed by atoms with Crippen LogP contribution in [0.4, 0.5) is 5.69 Å². The predicted octanol–water partition coefficient (Wildman–Crippen LogP) is 7.43. The van der Waals surface area contributed by atoms with E-state index >= 15 is 0 Å². The molecule has 0 N–H and O–H groups in total. The van der Waals surface area contributed by atoms with Gasteiger partial charge in [-0.15, -0.1) is 0 Å². The summed E-state index contributed by atoms with van der Waals surface area (Å²) in [6.07, 6.45) is 4.58. The molecule has 5 nitrogen and oxygen atoms in total. The van der Waals surface area contributed by atoms with Crippen LogP contribution in [-0.4, -0.2) is 12.5 Å². The van der Waals surface area contributed by atoms with Gasteiger partial charge in [-0.05, 0) is 80.3 Å². The summed E-state index contributed by atoms with van der Waals surface area (Å²) < 4.78 is 12.1. The second-order valence-corrected chi connectivity index (χ2v) is 10.00. The third-order valence-corrected chi connectivity index (χ3v) is 7.26. The van der Waals surface area contributed by atoms with Crippen molar-refractivity contribution in [2.75, 3.05) is 11.5 Å². The number of aryl methyl sites for hydroxylation is 3. The van der Waals surface area contributed by atoms with Crippen LogP contribution in [0.15, 0.2) is 69.9 Å². The number of amides is 1. The zero-order valence-corrected chi connectivity index (χ0v) is 22.0. The van der Waals surface area contributed by atoms with Gasteiger partial charge < -0.3 is 9.15 Å². The van der Waals surface area contributed by atoms with Gasteiger partial charge in [0.05, 0.1) is 23.6 Å². The molecule has 2 heterocycles. The quantitative estimate of drug-likeness (QED) is 0.239. The SMILES string of the molecule is CCCCCCOc1ccc(C2c3c(oc4cc(C)c(C)cc4c3=O)C(=O)N2c2ccc(C)cc2)cc1. The monoisotopic (exact) mass is 495 g/mol. The summed E-state index contributed by atoms with van der Waals surface area (Å²) in [6, 6.07) is 18.6. The van der Waals surface area contributed by atoms with E-state index < -0.39 is 6.04 Å². The van der Waals surface area contributed by atoms with Gasteiger partial charge >= 0.3 is 0 Å². The standard InChI is InChI=1S/C32H33NO4/c1-5-6-7-8-17-36-25-15-11-23(12-16-25)29-28-30(34)26-18-21(3)22(4)19-27(26)37-31(28)32(35)33(29)24-13-9-20(2)10-14-24/h9-16,18-19,29H,5-8,17H2,1-4H3. The Morgan fingerprint density at radius 1 is 0.865 bits per heavy atom. The Labute approximate surface area is 217 Å². The molecule has 1 aliphatic rings. The van der Waals surface area contributed by atoms with E-state index in [4.69, 9.17) is 9.15 Å². The number of benzene rings is 3. The first-order valence-electron chi connectivity index (χ1n) is 13.1. The Bertz CT molecular complexity index is 1500. The molecule has 0 saturated carbocycles. The lowest BCUT2D eigenvalue weighted by Crippen LogP contribution is -2.29. The molecule has 1 atom stereocenters. The number of anilines is 1. The van der Waals surface area contributed by atoms with Crippen molar-refractivity contribution >= 4 is 22.6 Å². The van der Waals surface area contributed by atoms with E-state index in [0.29, 0.717) is 23.1 Å². The number of fused-ring (bicyclic) bond motifs is 2. The highest BCUT2D eigenvalue weighted by Gasteiger charge is 2.43. The van der Waals surface area contributed by atoms with Gasteiger partial charge in [0, 0.05) is 5.69 Å². The summed E-state index contributed by atoms with van der Waals surface area (Å²) >= 11 is 0. The molecule has 37 heavy (non-hydrogen) atoms. The molecule has 0 radical (unpaired) electrons. The summed E-state index contributed by atoms with van der Waals surface area (Å²) in [4.78, 5) is 29.3. The Kier molecular flexibility index (Phi) is 6.88. The van der Waals surface area contributed by atoms with E-state index in [1.165, 1.54) is 12.8 Å². The zero-order valence-electron chi connectivity index (χ0n) is 22.0. The fraction of sp³-hybridized carbons (Fsp3) is 0.312. The second kappa shape index (κ2) is 10.3. The molecule has 4 aromatic rings. The minimum absolute atomic E-state index is 0.113. The van der Waals surface area contributed by atoms with Gasteiger partial charge in [-0.2, -0.15) is 0 Å². The Hall–Kier alpha value is -3.86. The van der Waals surface area contributed by atoms with Crippen LogP contribution in [0, 0.1) is 20.8 Å². The van der Waals surface area contributed by atoms with Crippen LogP contribution in [0.5, 0.6) is 5.75 Å². The third-order valence-electron chi connectivity index (χ3n) is 7.26. The molecular formula is C32H33NO4. The van der Waals surface area contributed by atoms with Crippen LogP contribution in [0.1, 0.15) is 77.0 Å². The minimum atomic E-state index is -0.592. The maximum Gasteiger partial charge on any atom is 0.295 e. The lowest BCUT2D eigenvalue weighted by Gasteiger charge is -2.25. The largest absolute Gasteiger partial charge is 0.494 e. The van der Waals surface area contributed by atoms with Crippen molar-refractivity contribution in [2.24, 2.45) is 0 Å². The molecule has 0 saturated heterocycles. The van der Waals surface area contributed by atoms with Gasteiger partial charge in [0.15, 0.2) is 5.43 Å². The highest BCUT2D eigenvalue weighted by Crippen LogP contribution is 2.41. The number of rotatable bonds is 8. The smallest absolute Gasteiger partial charge is 0.295 e. The number of hydrogen-bond acceptors (Lipinski definition) is 4. The van der Waals surface area contributed by atoms with Gasteiger partial charge in [0.1, 0.15) is 11.3 Å². The summed E-state index contributed by atoms with van der Waals surface area (Å²) in [7, 11) is 0. The molecule has 1 aliphatic heterocycles. The van der Waals surface area contributed by atoms with E-state index in [1.807, 2.05) is 81.4 Å². The molecule has 1 unspecified atom stereocenters. The van der Waals surface area contributed by atoms with Crippen molar-refractivity contribution in [3.63, 3.8) is 0 Å². The Balaban J connectivity index is 1.59. The normalized spacial score (nSPS) is 14.9. The number of carbonyl (C=O) groups is 1. The van der Waals surface area contributed by atoms with Crippen molar-refractivity contribution < 1.29 is 13.9 Å². The molecule has 0 fully saturated rings. The van der Waals surface area contributed by atoms with Crippen LogP contribution in [0.3, 0.4) is 0 Å². The topological polar surface area (TPSA) is 59.8 Å². The average molecular weight is 496 g/mol. The molecule has 5 rings (SSSR count). The maximum atomic E-state index is 13.9. The number of ether oxygens (including phenoxy) is 1. The van der Waals surface area contributed by atoms with E-state index in [1.54, 1.807) is 4.90 Å². The van der Waals surface area contributed by atoms with Gasteiger partial charge in [-0.25, -0.2) is 0 Å². The van der Waals surface area contributed by atoms with Crippen LogP contribution < -0.4 is 15.1 Å². The molecule has 5 heteroatoms. The van der Waals surface area contributed by atoms with Crippen molar-refractivity contribution in [1.82, 2.24) is 0 Å². The summed E-state index contributed by atoms with van der Waals surface area (Å²) in [5.41, 5.74) is 5.33. The first-order valence-corrected chi connectivity index (χ1v) is 13.1. The third kappa shape index (κ3) is 4.66. The molecule has 0 bridgehead atoms. The van der Waals surface area contributed by atoms with Gasteiger partial charge in [0.25, 0.3) is 5.91 Å². The van der Waals surface area contributed by atoms with E-state index in [-0.39, 0.29) is 17.1 Å². The Morgan fingerprint density at radius 3 is 2.27 bits per heavy atom. The number of nitrogens with zero attached hydrogens (tertiary/aromatic N) is 1. The highest BCUT2D eigenvalue weighted by molar-refractivity contribution is 6.10. The molecule has 0 spiro atoms. The lowest BCUT2D eigenvalue weighted by atomic mass is 9.97. The predicted molar refractivity (Wildman–Crippen MR) is 148 cm³/mol. The van der Waals surface area contributed by atoms with Crippen LogP contribution in [0.25, 0.3) is 11.0 Å². The van der Waals surface area contributed by atoms with Gasteiger partial charge in [0.2, 0.25) is 5.76 Å². The maximum absolute atomic E-state index is 13.9. The zero-order chi connectivity index (χ0) is 26.1. The summed E-state index contributed by atoms with van der Waals surface area (Å²) in [6.45, 7) is 8.82. The molecule has 3 aromatic carbocycles. The minimum Gasteiger partial charge on any atom is -0.494 e. The van der Waals surface area contributed by atoms with E-state index in [9.17, 15) is 9.59 Å². The number of unbranched alkanes of at least 4 members (excludes halogenated alkanes) is 3. The second-order valence-electron chi connectivity index (χ2n) is 10.00. The van der Waals surface area contributed by atoms with Crippen LogP contribution in [0.2, 0.25) is 0 Å². The molecular weight excluding hydrogens is 462 g/mol. The fourth-order valence-electron chi connectivity index (χ4n) is 4.98. The van der Waals surface area contributed by atoms with Crippen molar-refractivity contribution in [2.45, 2.75) is 59.4 Å². The first-order chi connectivity index (χ1) is 17.9. The summed E-state index contributed by atoms with van der Waals surface area (Å²) in [5, 5.41) is 0.498. The van der Waals surface area contributed by atoms with Crippen molar-refractivity contribution in [1.29, 1.82) is 0 Å². The Morgan fingerprint density at radius 2 is 1.57 bits per heavy atom. The number of hydrogen-bond donors (Lipinski definition) is 0. The lowest BCUT2D eigenvalue weighted by molar-refractivity contribution is 0.0971. The highest BCUT2D eigenvalue weighted by atomic mass is 16.5. The molecule has 0 aliphatic carbocycles. The summed E-state index contributed by atoms with van der Waals surface area (Å²) in [5.74, 6) is 0.586. The fourth-order valence-corrected chi connectivity index (χ4v) is 4.98. The molecule has 1 amide bonds. The van der Waals surface area contributed by atoms with Gasteiger partial charge in [-0.3, -0.25) is 14.5 Å². The molecule has 190 valence electrons. The average Bonchev–Trinajstić information content (AvgIpc) is 3.18. The van der Waals surface area contributed by atoms with E-state index in [0.717, 1.165) is 46.5 Å². The van der Waals surface area contributed by atoms with Crippen LogP contribution in [-0.2, 0) is 0 Å². The molecule has 1 aromatic heterocycles. The van der Waals surface area contributed by atoms with Crippen LogP contribution >= 0.6 is 0 Å². The van der Waals surface area contributed by atoms with Gasteiger partial charge in [-0.1, -0.05) is 56.0 Å². The first kappa shape index (κ1) is 24.8. The van der Waals surface area contributed by atoms with E-state index in [2.05, 4.69) is 6.92 Å². The number of carbonyl (C=O) groups excluding carboxylic acids is 1. The van der Waals surface area contributed by atoms with Crippen molar-refractivity contribution in [3.8, 4) is 5.75 Å². The van der Waals surface area contributed by atoms with Crippen molar-refractivity contribution in [3.05, 3.63) is 104 Å².